The van der Waals surface area contributed by atoms with E-state index in [9.17, 15) is 13.2 Å². The number of benzene rings is 1. The first-order chi connectivity index (χ1) is 12.8. The number of carbonyl (C=O) groups is 1. The van der Waals surface area contributed by atoms with E-state index in [-0.39, 0.29) is 10.8 Å². The minimum atomic E-state index is -3.76. The largest absolute Gasteiger partial charge is 0.468 e. The maximum atomic E-state index is 13.4. The number of nitrogens with one attached hydrogen (secondary N) is 1. The number of rotatable bonds is 7. The highest BCUT2D eigenvalue weighted by Gasteiger charge is 2.32. The van der Waals surface area contributed by atoms with E-state index in [0.717, 1.165) is 11.3 Å². The van der Waals surface area contributed by atoms with Crippen molar-refractivity contribution in [2.75, 3.05) is 17.6 Å². The molecule has 8 heteroatoms. The number of carbonyl (C=O) groups excluding carboxylic acids is 1. The van der Waals surface area contributed by atoms with E-state index in [0.29, 0.717) is 29.7 Å². The van der Waals surface area contributed by atoms with Gasteiger partial charge in [0, 0.05) is 11.4 Å². The first-order valence-corrected chi connectivity index (χ1v) is 11.3. The molecule has 0 spiro atoms. The predicted molar refractivity (Wildman–Crippen MR) is 106 cm³/mol. The molecule has 1 atom stereocenters. The van der Waals surface area contributed by atoms with E-state index in [2.05, 4.69) is 19.2 Å². The van der Waals surface area contributed by atoms with Crippen molar-refractivity contribution < 1.29 is 17.6 Å². The molecule has 2 heterocycles. The lowest BCUT2D eigenvalue weighted by Crippen LogP contribution is -2.35. The number of furan rings is 1. The predicted octanol–water partition coefficient (Wildman–Crippen LogP) is 4.12. The highest BCUT2D eigenvalue weighted by molar-refractivity contribution is 8.00. The molecule has 1 amide bonds. The lowest BCUT2D eigenvalue weighted by atomic mass is 10.1. The molecule has 1 N–H and O–H groups in total. The van der Waals surface area contributed by atoms with Crippen LogP contribution in [0.15, 0.2) is 50.8 Å². The SMILES string of the molecule is CC(C)CCN(C(C)c1ccco1)S(=O)(=O)c1ccc2c(c1)NC(=O)CS2. The maximum Gasteiger partial charge on any atom is 0.243 e. The second kappa shape index (κ2) is 8.08. The maximum absolute atomic E-state index is 13.4. The molecule has 0 radical (unpaired) electrons. The Morgan fingerprint density at radius 2 is 2.04 bits per heavy atom. The van der Waals surface area contributed by atoms with Crippen molar-refractivity contribution >= 4 is 33.4 Å². The van der Waals surface area contributed by atoms with Crippen LogP contribution in [0.5, 0.6) is 0 Å². The van der Waals surface area contributed by atoms with Crippen molar-refractivity contribution in [1.82, 2.24) is 4.31 Å². The van der Waals surface area contributed by atoms with Crippen molar-refractivity contribution in [3.63, 3.8) is 0 Å². The topological polar surface area (TPSA) is 79.6 Å². The average molecular weight is 409 g/mol. The summed E-state index contributed by atoms with van der Waals surface area (Å²) in [7, 11) is -3.76. The van der Waals surface area contributed by atoms with Crippen LogP contribution in [0, 0.1) is 5.92 Å². The summed E-state index contributed by atoms with van der Waals surface area (Å²) in [5, 5.41) is 2.76. The van der Waals surface area contributed by atoms with E-state index in [1.54, 1.807) is 36.6 Å². The summed E-state index contributed by atoms with van der Waals surface area (Å²) in [4.78, 5) is 12.7. The summed E-state index contributed by atoms with van der Waals surface area (Å²) in [5.41, 5.74) is 0.548. The number of sulfonamides is 1. The quantitative estimate of drug-likeness (QED) is 0.745. The number of fused-ring (bicyclic) bond motifs is 1. The first-order valence-electron chi connectivity index (χ1n) is 8.91. The van der Waals surface area contributed by atoms with Crippen LogP contribution in [0.4, 0.5) is 5.69 Å². The van der Waals surface area contributed by atoms with Crippen LogP contribution in [-0.4, -0.2) is 30.9 Å². The van der Waals surface area contributed by atoms with Crippen molar-refractivity contribution in [1.29, 1.82) is 0 Å². The molecule has 1 aromatic heterocycles. The van der Waals surface area contributed by atoms with Gasteiger partial charge < -0.3 is 9.73 Å². The molecule has 3 rings (SSSR count). The van der Waals surface area contributed by atoms with Crippen molar-refractivity contribution in [3.05, 3.63) is 42.4 Å². The van der Waals surface area contributed by atoms with Crippen molar-refractivity contribution in [2.24, 2.45) is 5.92 Å². The van der Waals surface area contributed by atoms with Crippen LogP contribution in [0.25, 0.3) is 0 Å². The molecule has 1 aromatic carbocycles. The molecule has 146 valence electrons. The van der Waals surface area contributed by atoms with Gasteiger partial charge in [-0.25, -0.2) is 8.42 Å². The second-order valence-electron chi connectivity index (χ2n) is 6.98. The number of thioether (sulfide) groups is 1. The van der Waals surface area contributed by atoms with Gasteiger partial charge in [0.25, 0.3) is 0 Å². The van der Waals surface area contributed by atoms with Gasteiger partial charge in [-0.15, -0.1) is 11.8 Å². The number of amides is 1. The third-order valence-corrected chi connectivity index (χ3v) is 7.54. The molecule has 27 heavy (non-hydrogen) atoms. The fraction of sp³-hybridized carbons (Fsp3) is 0.421. The molecule has 0 bridgehead atoms. The smallest absolute Gasteiger partial charge is 0.243 e. The molecular weight excluding hydrogens is 384 g/mol. The van der Waals surface area contributed by atoms with Gasteiger partial charge in [0.2, 0.25) is 15.9 Å². The molecule has 1 unspecified atom stereocenters. The Bertz CT molecular complexity index is 908. The van der Waals surface area contributed by atoms with Crippen LogP contribution >= 0.6 is 11.8 Å². The zero-order valence-corrected chi connectivity index (χ0v) is 17.3. The van der Waals surface area contributed by atoms with E-state index < -0.39 is 16.1 Å². The molecule has 1 aliphatic rings. The average Bonchev–Trinajstić information content (AvgIpc) is 3.15. The fourth-order valence-corrected chi connectivity index (χ4v) is 5.37. The summed E-state index contributed by atoms with van der Waals surface area (Å²) < 4.78 is 33.8. The summed E-state index contributed by atoms with van der Waals surface area (Å²) in [6.07, 6.45) is 2.28. The molecule has 0 saturated heterocycles. The number of anilines is 1. The molecule has 0 saturated carbocycles. The third-order valence-electron chi connectivity index (χ3n) is 4.50. The van der Waals surface area contributed by atoms with E-state index in [4.69, 9.17) is 4.42 Å². The molecule has 6 nitrogen and oxygen atoms in total. The number of nitrogens with zero attached hydrogens (tertiary/aromatic N) is 1. The van der Waals surface area contributed by atoms with E-state index in [1.807, 2.05) is 6.92 Å². The lowest BCUT2D eigenvalue weighted by Gasteiger charge is -2.28. The molecule has 0 aliphatic carbocycles. The Morgan fingerprint density at radius 1 is 1.26 bits per heavy atom. The van der Waals surface area contributed by atoms with Gasteiger partial charge in [-0.3, -0.25) is 4.79 Å². The van der Waals surface area contributed by atoms with Gasteiger partial charge in [-0.2, -0.15) is 4.31 Å². The summed E-state index contributed by atoms with van der Waals surface area (Å²) >= 11 is 1.41. The highest BCUT2D eigenvalue weighted by atomic mass is 32.2. The van der Waals surface area contributed by atoms with Gasteiger partial charge in [-0.1, -0.05) is 13.8 Å². The van der Waals surface area contributed by atoms with Crippen LogP contribution in [0.3, 0.4) is 0 Å². The minimum Gasteiger partial charge on any atom is -0.468 e. The summed E-state index contributed by atoms with van der Waals surface area (Å²) in [6, 6.07) is 8.02. The second-order valence-corrected chi connectivity index (χ2v) is 9.89. The van der Waals surface area contributed by atoms with Crippen molar-refractivity contribution in [3.8, 4) is 0 Å². The highest BCUT2D eigenvalue weighted by Crippen LogP contribution is 2.35. The normalized spacial score (nSPS) is 15.7. The fourth-order valence-electron chi connectivity index (χ4n) is 2.94. The monoisotopic (exact) mass is 408 g/mol. The Labute approximate surface area is 164 Å². The Kier molecular flexibility index (Phi) is 5.98. The van der Waals surface area contributed by atoms with Gasteiger partial charge in [0.05, 0.1) is 28.6 Å². The van der Waals surface area contributed by atoms with Gasteiger partial charge >= 0.3 is 0 Å². The molecule has 1 aliphatic heterocycles. The number of hydrogen-bond acceptors (Lipinski definition) is 5. The van der Waals surface area contributed by atoms with Crippen LogP contribution in [0.2, 0.25) is 0 Å². The summed E-state index contributed by atoms with van der Waals surface area (Å²) in [5.74, 6) is 1.19. The molecular formula is C19H24N2O4S2. The number of hydrogen-bond donors (Lipinski definition) is 1. The van der Waals surface area contributed by atoms with E-state index in [1.165, 1.54) is 16.1 Å². The standard InChI is InChI=1S/C19H24N2O4S2/c1-13(2)8-9-21(14(3)17-5-4-10-25-17)27(23,24)15-6-7-18-16(11-15)20-19(22)12-26-18/h4-7,10-11,13-14H,8-9,12H2,1-3H3,(H,20,22). The Balaban J connectivity index is 1.97. The van der Waals surface area contributed by atoms with Gasteiger partial charge in [-0.05, 0) is 49.6 Å². The van der Waals surface area contributed by atoms with Crippen molar-refractivity contribution in [2.45, 2.75) is 43.0 Å². The van der Waals surface area contributed by atoms with Crippen LogP contribution in [-0.2, 0) is 14.8 Å². The summed E-state index contributed by atoms with van der Waals surface area (Å²) in [6.45, 7) is 6.34. The van der Waals surface area contributed by atoms with Gasteiger partial charge in [0.1, 0.15) is 5.76 Å². The molecule has 2 aromatic rings. The van der Waals surface area contributed by atoms with Crippen LogP contribution < -0.4 is 5.32 Å². The van der Waals surface area contributed by atoms with E-state index >= 15 is 0 Å². The van der Waals surface area contributed by atoms with Crippen LogP contribution in [0.1, 0.15) is 39.0 Å². The van der Waals surface area contributed by atoms with Gasteiger partial charge in [0.15, 0.2) is 0 Å². The zero-order valence-electron chi connectivity index (χ0n) is 15.6. The first kappa shape index (κ1) is 20.0. The zero-order chi connectivity index (χ0) is 19.6. The molecule has 0 fully saturated rings. The third kappa shape index (κ3) is 4.39. The lowest BCUT2D eigenvalue weighted by molar-refractivity contribution is -0.113. The minimum absolute atomic E-state index is 0.123. The Hall–Kier alpha value is -1.77. The Morgan fingerprint density at radius 3 is 2.70 bits per heavy atom.